The minimum absolute atomic E-state index is 0.103. The Morgan fingerprint density at radius 3 is 2.85 bits per heavy atom. The first-order chi connectivity index (χ1) is 15.9. The molecule has 2 aromatic heterocycles. The van der Waals surface area contributed by atoms with Crippen LogP contribution in [0, 0.1) is 6.92 Å². The van der Waals surface area contributed by atoms with E-state index in [4.69, 9.17) is 11.6 Å². The average molecular weight is 463 g/mol. The van der Waals surface area contributed by atoms with Gasteiger partial charge in [0.1, 0.15) is 11.3 Å². The zero-order chi connectivity index (χ0) is 22.9. The van der Waals surface area contributed by atoms with Gasteiger partial charge in [-0.2, -0.15) is 0 Å². The lowest BCUT2D eigenvalue weighted by atomic mass is 10.0. The number of hydrogen-bond donors (Lipinski definition) is 2. The average Bonchev–Trinajstić information content (AvgIpc) is 3.51. The number of aliphatic hydroxyl groups excluding tert-OH is 1. The Hall–Kier alpha value is -3.16. The van der Waals surface area contributed by atoms with Crippen molar-refractivity contribution in [3.63, 3.8) is 0 Å². The maximum Gasteiger partial charge on any atom is 0.274 e. The Morgan fingerprint density at radius 1 is 1.21 bits per heavy atom. The topological polar surface area (TPSA) is 90.7 Å². The Bertz CT molecular complexity index is 1510. The second-order valence-corrected chi connectivity index (χ2v) is 9.50. The smallest absolute Gasteiger partial charge is 0.274 e. The van der Waals surface area contributed by atoms with Gasteiger partial charge < -0.3 is 15.0 Å². The van der Waals surface area contributed by atoms with Crippen molar-refractivity contribution in [3.8, 4) is 0 Å². The highest BCUT2D eigenvalue weighted by atomic mass is 35.5. The van der Waals surface area contributed by atoms with Crippen LogP contribution in [0.4, 0.5) is 5.69 Å². The number of aromatic amines is 1. The summed E-state index contributed by atoms with van der Waals surface area (Å²) >= 11 is 6.12. The second kappa shape index (κ2) is 7.43. The number of halogens is 1. The first-order valence-electron chi connectivity index (χ1n) is 11.2. The molecule has 2 atom stereocenters. The van der Waals surface area contributed by atoms with E-state index >= 15 is 0 Å². The number of aryl methyl sites for hydroxylation is 1. The van der Waals surface area contributed by atoms with Crippen molar-refractivity contribution in [2.24, 2.45) is 0 Å². The van der Waals surface area contributed by atoms with Gasteiger partial charge in [-0.15, -0.1) is 0 Å². The Kier molecular flexibility index (Phi) is 4.61. The normalized spacial score (nSPS) is 20.2. The molecule has 8 heteroatoms. The summed E-state index contributed by atoms with van der Waals surface area (Å²) in [5.41, 5.74) is 4.82. The lowest BCUT2D eigenvalue weighted by Gasteiger charge is -2.20. The molecule has 0 saturated heterocycles. The van der Waals surface area contributed by atoms with Crippen LogP contribution in [0.1, 0.15) is 52.5 Å². The molecule has 0 radical (unpaired) electrons. The van der Waals surface area contributed by atoms with Crippen LogP contribution < -0.4 is 10.5 Å². The third-order valence-corrected chi connectivity index (χ3v) is 7.31. The van der Waals surface area contributed by atoms with Crippen LogP contribution in [-0.4, -0.2) is 38.0 Å². The number of imidazole rings is 1. The van der Waals surface area contributed by atoms with E-state index in [2.05, 4.69) is 9.97 Å². The summed E-state index contributed by atoms with van der Waals surface area (Å²) in [6.07, 6.45) is 4.37. The molecule has 7 nitrogen and oxygen atoms in total. The maximum atomic E-state index is 13.5. The minimum atomic E-state index is -0.462. The highest BCUT2D eigenvalue weighted by molar-refractivity contribution is 6.30. The molecular formula is C25H23ClN4O3. The number of carbonyl (C=O) groups is 1. The van der Waals surface area contributed by atoms with E-state index < -0.39 is 6.10 Å². The zero-order valence-corrected chi connectivity index (χ0v) is 18.9. The number of nitrogens with zero attached hydrogens (tertiary/aromatic N) is 3. The molecule has 168 valence electrons. The predicted octanol–water partition coefficient (Wildman–Crippen LogP) is 3.97. The van der Waals surface area contributed by atoms with Gasteiger partial charge in [-0.05, 0) is 67.6 Å². The van der Waals surface area contributed by atoms with Crippen molar-refractivity contribution in [1.29, 1.82) is 0 Å². The molecule has 1 aliphatic carbocycles. The van der Waals surface area contributed by atoms with Gasteiger partial charge in [0.05, 0.1) is 23.3 Å². The lowest BCUT2D eigenvalue weighted by molar-refractivity contribution is 0.0989. The van der Waals surface area contributed by atoms with Crippen LogP contribution in [0.3, 0.4) is 0 Å². The number of carbonyl (C=O) groups excluding carboxylic acids is 1. The SMILES string of the molecule is Cc1cc2c(cc1C(=O)N1CCc3cc(Cl)ccc31)[nH]c(=O)c1cnc([C@@H]3CCC[C@@H]3O)n12. The molecule has 2 aliphatic rings. The Balaban J connectivity index is 1.49. The summed E-state index contributed by atoms with van der Waals surface area (Å²) in [4.78, 5) is 35.6. The molecule has 1 amide bonds. The Morgan fingerprint density at radius 2 is 2.06 bits per heavy atom. The van der Waals surface area contributed by atoms with Gasteiger partial charge in [-0.1, -0.05) is 18.0 Å². The van der Waals surface area contributed by atoms with E-state index in [9.17, 15) is 14.7 Å². The van der Waals surface area contributed by atoms with Gasteiger partial charge in [0, 0.05) is 28.7 Å². The lowest BCUT2D eigenvalue weighted by Crippen LogP contribution is -2.29. The van der Waals surface area contributed by atoms with Crippen molar-refractivity contribution in [2.45, 2.75) is 44.6 Å². The summed E-state index contributed by atoms with van der Waals surface area (Å²) in [6, 6.07) is 9.28. The van der Waals surface area contributed by atoms with Gasteiger partial charge in [0.25, 0.3) is 11.5 Å². The van der Waals surface area contributed by atoms with E-state index in [1.54, 1.807) is 23.2 Å². The van der Waals surface area contributed by atoms with Crippen LogP contribution >= 0.6 is 11.6 Å². The molecule has 0 bridgehead atoms. The highest BCUT2D eigenvalue weighted by Crippen LogP contribution is 2.36. The number of aliphatic hydroxyl groups is 1. The van der Waals surface area contributed by atoms with E-state index in [0.717, 1.165) is 48.0 Å². The molecule has 2 aromatic carbocycles. The number of benzene rings is 2. The van der Waals surface area contributed by atoms with Crippen molar-refractivity contribution < 1.29 is 9.90 Å². The van der Waals surface area contributed by atoms with Crippen LogP contribution in [0.2, 0.25) is 5.02 Å². The zero-order valence-electron chi connectivity index (χ0n) is 18.1. The first-order valence-corrected chi connectivity index (χ1v) is 11.6. The number of fused-ring (bicyclic) bond motifs is 4. The summed E-state index contributed by atoms with van der Waals surface area (Å²) < 4.78 is 1.85. The number of nitrogens with one attached hydrogen (secondary N) is 1. The fourth-order valence-corrected chi connectivity index (χ4v) is 5.60. The van der Waals surface area contributed by atoms with Crippen LogP contribution in [0.15, 0.2) is 41.3 Å². The number of anilines is 1. The van der Waals surface area contributed by atoms with Crippen molar-refractivity contribution >= 4 is 39.7 Å². The fourth-order valence-electron chi connectivity index (χ4n) is 5.40. The second-order valence-electron chi connectivity index (χ2n) is 9.06. The van der Waals surface area contributed by atoms with E-state index in [1.807, 2.05) is 29.5 Å². The van der Waals surface area contributed by atoms with Gasteiger partial charge in [-0.3, -0.25) is 14.0 Å². The third kappa shape index (κ3) is 3.10. The molecule has 1 saturated carbocycles. The molecule has 1 aliphatic heterocycles. The third-order valence-electron chi connectivity index (χ3n) is 7.08. The van der Waals surface area contributed by atoms with Crippen molar-refractivity contribution in [3.05, 3.63) is 74.4 Å². The number of amides is 1. The number of rotatable bonds is 2. The standard InChI is InChI=1S/C25H23ClN4O3/c1-13-9-20-18(11-17(13)25(33)29-8-7-14-10-15(26)5-6-19(14)29)28-24(32)21-12-27-23(30(20)21)16-3-2-4-22(16)31/h5-6,9-12,16,22,31H,2-4,7-8H2,1H3,(H,28,32)/t16-,22+/m1/s1. The maximum absolute atomic E-state index is 13.5. The summed E-state index contributed by atoms with van der Waals surface area (Å²) in [6.45, 7) is 2.50. The van der Waals surface area contributed by atoms with Crippen LogP contribution in [0.5, 0.6) is 0 Å². The highest BCUT2D eigenvalue weighted by Gasteiger charge is 2.31. The van der Waals surface area contributed by atoms with E-state index in [0.29, 0.717) is 34.0 Å². The van der Waals surface area contributed by atoms with E-state index in [-0.39, 0.29) is 17.4 Å². The number of aromatic nitrogens is 3. The molecule has 6 rings (SSSR count). The van der Waals surface area contributed by atoms with Crippen molar-refractivity contribution in [2.75, 3.05) is 11.4 Å². The minimum Gasteiger partial charge on any atom is -0.392 e. The summed E-state index contributed by atoms with van der Waals surface area (Å²) in [5.74, 6) is 0.496. The molecule has 0 unspecified atom stereocenters. The van der Waals surface area contributed by atoms with Crippen molar-refractivity contribution in [1.82, 2.24) is 14.4 Å². The summed E-state index contributed by atoms with van der Waals surface area (Å²) in [7, 11) is 0. The summed E-state index contributed by atoms with van der Waals surface area (Å²) in [5, 5.41) is 11.1. The van der Waals surface area contributed by atoms with Gasteiger partial charge in [0.15, 0.2) is 0 Å². The van der Waals surface area contributed by atoms with Gasteiger partial charge in [-0.25, -0.2) is 4.98 Å². The first kappa shape index (κ1) is 20.4. The quantitative estimate of drug-likeness (QED) is 0.471. The Labute approximate surface area is 194 Å². The number of hydrogen-bond acceptors (Lipinski definition) is 4. The van der Waals surface area contributed by atoms with Crippen LogP contribution in [0.25, 0.3) is 16.6 Å². The molecule has 0 spiro atoms. The number of H-pyrrole nitrogens is 1. The molecular weight excluding hydrogens is 440 g/mol. The molecule has 2 N–H and O–H groups in total. The largest absolute Gasteiger partial charge is 0.392 e. The predicted molar refractivity (Wildman–Crippen MR) is 127 cm³/mol. The molecule has 33 heavy (non-hydrogen) atoms. The monoisotopic (exact) mass is 462 g/mol. The van der Waals surface area contributed by atoms with E-state index in [1.165, 1.54) is 0 Å². The molecule has 3 heterocycles. The molecule has 4 aromatic rings. The van der Waals surface area contributed by atoms with Gasteiger partial charge in [0.2, 0.25) is 0 Å². The molecule has 1 fully saturated rings. The fraction of sp³-hybridized carbons (Fsp3) is 0.320. The van der Waals surface area contributed by atoms with Crippen LogP contribution in [-0.2, 0) is 6.42 Å². The van der Waals surface area contributed by atoms with Gasteiger partial charge >= 0.3 is 0 Å².